The summed E-state index contributed by atoms with van der Waals surface area (Å²) in [6.07, 6.45) is 1.16. The molecule has 0 aliphatic rings. The average Bonchev–Trinajstić information content (AvgIpc) is 2.43. The number of nitrogens with zero attached hydrogens (tertiary/aromatic N) is 1. The molecule has 5 nitrogen and oxygen atoms in total. The first-order valence-electron chi connectivity index (χ1n) is 7.52. The lowest BCUT2D eigenvalue weighted by Crippen LogP contribution is -2.38. The van der Waals surface area contributed by atoms with Crippen molar-refractivity contribution in [3.8, 4) is 0 Å². The molecule has 0 spiro atoms. The largest absolute Gasteiger partial charge is 0.370 e. The summed E-state index contributed by atoms with van der Waals surface area (Å²) in [5.74, 6) is 0.499. The molecule has 0 aliphatic carbocycles. The quantitative estimate of drug-likeness (QED) is 0.253. The Balaban J connectivity index is 0.00000484. The van der Waals surface area contributed by atoms with E-state index in [0.717, 1.165) is 6.42 Å². The first kappa shape index (κ1) is 21.6. The van der Waals surface area contributed by atoms with Crippen molar-refractivity contribution in [2.45, 2.75) is 26.7 Å². The topological polar surface area (TPSA) is 79.5 Å². The van der Waals surface area contributed by atoms with Crippen LogP contribution >= 0.6 is 24.0 Å². The molecule has 0 bridgehead atoms. The van der Waals surface area contributed by atoms with Crippen LogP contribution in [0.1, 0.15) is 25.8 Å². The number of guanidine groups is 1. The normalized spacial score (nSPS) is 11.0. The van der Waals surface area contributed by atoms with Gasteiger partial charge in [-0.25, -0.2) is 4.39 Å². The van der Waals surface area contributed by atoms with Gasteiger partial charge < -0.3 is 16.4 Å². The van der Waals surface area contributed by atoms with Crippen molar-refractivity contribution in [3.63, 3.8) is 0 Å². The number of nitrogens with one attached hydrogen (secondary N) is 2. The second-order valence-electron chi connectivity index (χ2n) is 5.53. The molecule has 0 unspecified atom stereocenters. The van der Waals surface area contributed by atoms with E-state index in [1.807, 2.05) is 0 Å². The third-order valence-corrected chi connectivity index (χ3v) is 3.00. The van der Waals surface area contributed by atoms with Crippen molar-refractivity contribution in [1.29, 1.82) is 0 Å². The van der Waals surface area contributed by atoms with E-state index in [2.05, 4.69) is 29.5 Å². The molecular weight excluding hydrogens is 410 g/mol. The van der Waals surface area contributed by atoms with Gasteiger partial charge in [0.15, 0.2) is 5.96 Å². The SMILES string of the molecule is CC(C)CCN=C(N)NCCNC(=O)Cc1cccc(F)c1.I. The molecule has 0 aromatic heterocycles. The predicted molar refractivity (Wildman–Crippen MR) is 102 cm³/mol. The predicted octanol–water partition coefficient (Wildman–Crippen LogP) is 2.05. The Morgan fingerprint density at radius 3 is 2.65 bits per heavy atom. The van der Waals surface area contributed by atoms with Crippen LogP contribution in [-0.4, -0.2) is 31.5 Å². The Kier molecular flexibility index (Phi) is 11.4. The highest BCUT2D eigenvalue weighted by molar-refractivity contribution is 14.0. The van der Waals surface area contributed by atoms with Gasteiger partial charge in [-0.2, -0.15) is 0 Å². The average molecular weight is 436 g/mol. The molecule has 4 N–H and O–H groups in total. The van der Waals surface area contributed by atoms with Crippen LogP contribution in [0.2, 0.25) is 0 Å². The van der Waals surface area contributed by atoms with Crippen molar-refractivity contribution < 1.29 is 9.18 Å². The van der Waals surface area contributed by atoms with Crippen molar-refractivity contribution in [3.05, 3.63) is 35.6 Å². The number of benzene rings is 1. The highest BCUT2D eigenvalue weighted by Crippen LogP contribution is 2.03. The molecule has 23 heavy (non-hydrogen) atoms. The molecule has 0 saturated heterocycles. The highest BCUT2D eigenvalue weighted by Gasteiger charge is 2.03. The Labute approximate surface area is 154 Å². The minimum absolute atomic E-state index is 0. The van der Waals surface area contributed by atoms with Crippen LogP contribution in [0.3, 0.4) is 0 Å². The van der Waals surface area contributed by atoms with Gasteiger partial charge in [0.2, 0.25) is 5.91 Å². The van der Waals surface area contributed by atoms with E-state index < -0.39 is 0 Å². The van der Waals surface area contributed by atoms with Crippen LogP contribution in [0.15, 0.2) is 29.3 Å². The van der Waals surface area contributed by atoms with Crippen molar-refractivity contribution >= 4 is 35.8 Å². The van der Waals surface area contributed by atoms with Gasteiger partial charge in [-0.15, -0.1) is 24.0 Å². The summed E-state index contributed by atoms with van der Waals surface area (Å²) in [5.41, 5.74) is 6.35. The van der Waals surface area contributed by atoms with E-state index in [0.29, 0.717) is 37.1 Å². The molecule has 1 aromatic rings. The summed E-state index contributed by atoms with van der Waals surface area (Å²) in [5, 5.41) is 5.68. The summed E-state index contributed by atoms with van der Waals surface area (Å²) >= 11 is 0. The van der Waals surface area contributed by atoms with Crippen molar-refractivity contribution in [2.24, 2.45) is 16.6 Å². The number of carbonyl (C=O) groups excluding carboxylic acids is 1. The van der Waals surface area contributed by atoms with Gasteiger partial charge in [-0.05, 0) is 30.0 Å². The Morgan fingerprint density at radius 2 is 2.00 bits per heavy atom. The number of hydrogen-bond acceptors (Lipinski definition) is 2. The van der Waals surface area contributed by atoms with Gasteiger partial charge in [0.25, 0.3) is 0 Å². The Morgan fingerprint density at radius 1 is 1.30 bits per heavy atom. The number of aliphatic imine (C=N–C) groups is 1. The minimum Gasteiger partial charge on any atom is -0.370 e. The molecule has 1 aromatic carbocycles. The van der Waals surface area contributed by atoms with E-state index in [-0.39, 0.29) is 42.1 Å². The minimum atomic E-state index is -0.336. The molecule has 0 aliphatic heterocycles. The van der Waals surface area contributed by atoms with Gasteiger partial charge in [0.1, 0.15) is 5.82 Å². The smallest absolute Gasteiger partial charge is 0.224 e. The lowest BCUT2D eigenvalue weighted by molar-refractivity contribution is -0.120. The third-order valence-electron chi connectivity index (χ3n) is 3.00. The second kappa shape index (κ2) is 12.1. The van der Waals surface area contributed by atoms with E-state index in [4.69, 9.17) is 5.73 Å². The maximum atomic E-state index is 13.0. The summed E-state index contributed by atoms with van der Waals surface area (Å²) in [4.78, 5) is 15.9. The first-order valence-corrected chi connectivity index (χ1v) is 7.52. The van der Waals surface area contributed by atoms with Gasteiger partial charge in [0.05, 0.1) is 6.42 Å². The van der Waals surface area contributed by atoms with E-state index in [1.54, 1.807) is 12.1 Å². The molecule has 0 saturated carbocycles. The van der Waals surface area contributed by atoms with Crippen LogP contribution in [-0.2, 0) is 11.2 Å². The zero-order valence-corrected chi connectivity index (χ0v) is 16.0. The molecule has 0 atom stereocenters. The Hall–Kier alpha value is -1.38. The lowest BCUT2D eigenvalue weighted by Gasteiger charge is -2.08. The van der Waals surface area contributed by atoms with Crippen molar-refractivity contribution in [2.75, 3.05) is 19.6 Å². The van der Waals surface area contributed by atoms with Crippen LogP contribution < -0.4 is 16.4 Å². The summed E-state index contributed by atoms with van der Waals surface area (Å²) < 4.78 is 13.0. The number of carbonyl (C=O) groups is 1. The molecule has 1 amide bonds. The van der Waals surface area contributed by atoms with Crippen LogP contribution in [0.5, 0.6) is 0 Å². The van der Waals surface area contributed by atoms with Crippen molar-refractivity contribution in [1.82, 2.24) is 10.6 Å². The lowest BCUT2D eigenvalue weighted by atomic mass is 10.1. The standard InChI is InChI=1S/C16H25FN4O.HI/c1-12(2)6-7-20-16(18)21-9-8-19-15(22)11-13-4-3-5-14(17)10-13;/h3-5,10,12H,6-9,11H2,1-2H3,(H,19,22)(H3,18,20,21);1H. The van der Waals surface area contributed by atoms with E-state index in [1.165, 1.54) is 12.1 Å². The summed E-state index contributed by atoms with van der Waals surface area (Å²) in [7, 11) is 0. The monoisotopic (exact) mass is 436 g/mol. The van der Waals surface area contributed by atoms with Crippen LogP contribution in [0.25, 0.3) is 0 Å². The van der Waals surface area contributed by atoms with Gasteiger partial charge in [0, 0.05) is 19.6 Å². The van der Waals surface area contributed by atoms with E-state index in [9.17, 15) is 9.18 Å². The fourth-order valence-electron chi connectivity index (χ4n) is 1.79. The fraction of sp³-hybridized carbons (Fsp3) is 0.500. The first-order chi connectivity index (χ1) is 10.5. The molecule has 1 rings (SSSR count). The van der Waals surface area contributed by atoms with E-state index >= 15 is 0 Å². The molecule has 130 valence electrons. The van der Waals surface area contributed by atoms with Crippen LogP contribution in [0.4, 0.5) is 4.39 Å². The number of hydrogen-bond donors (Lipinski definition) is 3. The summed E-state index contributed by atoms with van der Waals surface area (Å²) in [6, 6.07) is 6.03. The zero-order chi connectivity index (χ0) is 16.4. The third kappa shape index (κ3) is 10.9. The molecule has 0 radical (unpaired) electrons. The number of rotatable bonds is 8. The summed E-state index contributed by atoms with van der Waals surface area (Å²) in [6.45, 7) is 5.91. The van der Waals surface area contributed by atoms with Gasteiger partial charge >= 0.3 is 0 Å². The highest BCUT2D eigenvalue weighted by atomic mass is 127. The maximum Gasteiger partial charge on any atom is 0.224 e. The fourth-order valence-corrected chi connectivity index (χ4v) is 1.79. The number of amides is 1. The molecular formula is C16H26FIN4O. The molecule has 0 heterocycles. The zero-order valence-electron chi connectivity index (χ0n) is 13.6. The Bertz CT molecular complexity index is 509. The van der Waals surface area contributed by atoms with Gasteiger partial charge in [-0.1, -0.05) is 26.0 Å². The maximum absolute atomic E-state index is 13.0. The number of nitrogens with two attached hydrogens (primary N) is 1. The van der Waals surface area contributed by atoms with Gasteiger partial charge in [-0.3, -0.25) is 9.79 Å². The van der Waals surface area contributed by atoms with Crippen LogP contribution in [0, 0.1) is 11.7 Å². The molecule has 7 heteroatoms. The molecule has 0 fully saturated rings. The number of halogens is 2. The second-order valence-corrected chi connectivity index (χ2v) is 5.53.